The molecule has 116 valence electrons. The van der Waals surface area contributed by atoms with E-state index in [0.717, 1.165) is 18.9 Å². The SMILES string of the molecule is CNC1(C(N)=O)CCCC1CCOc1cccc(F)c1F. The number of likely N-dealkylation sites (N-methyl/N-ethyl adjacent to an activating group) is 1. The van der Waals surface area contributed by atoms with Gasteiger partial charge in [0.15, 0.2) is 11.6 Å². The minimum Gasteiger partial charge on any atom is -0.490 e. The molecule has 3 N–H and O–H groups in total. The summed E-state index contributed by atoms with van der Waals surface area (Å²) in [5.41, 5.74) is 4.79. The highest BCUT2D eigenvalue weighted by Gasteiger charge is 2.46. The number of nitrogens with one attached hydrogen (secondary N) is 1. The molecule has 0 radical (unpaired) electrons. The molecule has 0 aliphatic heterocycles. The Bertz CT molecular complexity index is 524. The molecule has 2 rings (SSSR count). The topological polar surface area (TPSA) is 64.3 Å². The van der Waals surface area contributed by atoms with E-state index in [1.807, 2.05) is 0 Å². The van der Waals surface area contributed by atoms with Crippen LogP contribution in [0, 0.1) is 17.6 Å². The van der Waals surface area contributed by atoms with Crippen molar-refractivity contribution in [3.05, 3.63) is 29.8 Å². The van der Waals surface area contributed by atoms with Crippen LogP contribution in [0.5, 0.6) is 5.75 Å². The van der Waals surface area contributed by atoms with E-state index in [1.54, 1.807) is 7.05 Å². The van der Waals surface area contributed by atoms with Gasteiger partial charge in [0.2, 0.25) is 11.7 Å². The molecule has 1 aromatic carbocycles. The lowest BCUT2D eigenvalue weighted by Crippen LogP contribution is -2.56. The third kappa shape index (κ3) is 3.00. The van der Waals surface area contributed by atoms with E-state index < -0.39 is 17.2 Å². The van der Waals surface area contributed by atoms with Gasteiger partial charge in [-0.2, -0.15) is 4.39 Å². The maximum Gasteiger partial charge on any atom is 0.238 e. The lowest BCUT2D eigenvalue weighted by Gasteiger charge is -2.32. The summed E-state index contributed by atoms with van der Waals surface area (Å²) >= 11 is 0. The molecule has 4 nitrogen and oxygen atoms in total. The number of rotatable bonds is 6. The average molecular weight is 298 g/mol. The molecular formula is C15H20F2N2O2. The Morgan fingerprint density at radius 2 is 2.29 bits per heavy atom. The molecule has 6 heteroatoms. The van der Waals surface area contributed by atoms with Crippen LogP contribution in [0.15, 0.2) is 18.2 Å². The van der Waals surface area contributed by atoms with Crippen LogP contribution in [-0.2, 0) is 4.79 Å². The normalized spacial score (nSPS) is 25.0. The summed E-state index contributed by atoms with van der Waals surface area (Å²) in [6.07, 6.45) is 3.01. The number of carbonyl (C=O) groups excluding carboxylic acids is 1. The van der Waals surface area contributed by atoms with Crippen molar-refractivity contribution in [3.8, 4) is 5.75 Å². The number of halogens is 2. The molecule has 1 aliphatic carbocycles. The summed E-state index contributed by atoms with van der Waals surface area (Å²) in [6, 6.07) is 3.81. The van der Waals surface area contributed by atoms with Gasteiger partial charge >= 0.3 is 0 Å². The van der Waals surface area contributed by atoms with Crippen LogP contribution in [0.25, 0.3) is 0 Å². The lowest BCUT2D eigenvalue weighted by atomic mass is 9.84. The Morgan fingerprint density at radius 1 is 1.52 bits per heavy atom. The first kappa shape index (κ1) is 15.7. The molecule has 1 amide bonds. The van der Waals surface area contributed by atoms with E-state index in [2.05, 4.69) is 5.32 Å². The fraction of sp³-hybridized carbons (Fsp3) is 0.533. The van der Waals surface area contributed by atoms with Gasteiger partial charge in [-0.3, -0.25) is 4.79 Å². The minimum atomic E-state index is -0.987. The first-order valence-electron chi connectivity index (χ1n) is 7.07. The molecular weight excluding hydrogens is 278 g/mol. The summed E-state index contributed by atoms with van der Waals surface area (Å²) in [5.74, 6) is -2.36. The van der Waals surface area contributed by atoms with E-state index >= 15 is 0 Å². The Hall–Kier alpha value is -1.69. The largest absolute Gasteiger partial charge is 0.490 e. The van der Waals surface area contributed by atoms with Crippen molar-refractivity contribution in [3.63, 3.8) is 0 Å². The molecule has 1 fully saturated rings. The molecule has 2 atom stereocenters. The fourth-order valence-corrected chi connectivity index (χ4v) is 3.15. The summed E-state index contributed by atoms with van der Waals surface area (Å²) in [7, 11) is 1.72. The quantitative estimate of drug-likeness (QED) is 0.844. The number of carbonyl (C=O) groups is 1. The zero-order chi connectivity index (χ0) is 15.5. The van der Waals surface area contributed by atoms with E-state index in [-0.39, 0.29) is 24.2 Å². The monoisotopic (exact) mass is 298 g/mol. The number of hydrogen-bond acceptors (Lipinski definition) is 3. The third-order valence-electron chi connectivity index (χ3n) is 4.35. The fourth-order valence-electron chi connectivity index (χ4n) is 3.15. The van der Waals surface area contributed by atoms with Crippen molar-refractivity contribution >= 4 is 5.91 Å². The Labute approximate surface area is 122 Å². The van der Waals surface area contributed by atoms with Gasteiger partial charge in [0, 0.05) is 0 Å². The van der Waals surface area contributed by atoms with Gasteiger partial charge in [-0.25, -0.2) is 4.39 Å². The predicted molar refractivity (Wildman–Crippen MR) is 74.8 cm³/mol. The van der Waals surface area contributed by atoms with Crippen LogP contribution in [-0.4, -0.2) is 25.1 Å². The van der Waals surface area contributed by atoms with Gasteiger partial charge in [-0.1, -0.05) is 12.5 Å². The van der Waals surface area contributed by atoms with Crippen LogP contribution in [0.1, 0.15) is 25.7 Å². The number of benzene rings is 1. The second-order valence-corrected chi connectivity index (χ2v) is 5.36. The second-order valence-electron chi connectivity index (χ2n) is 5.36. The maximum atomic E-state index is 13.5. The summed E-state index contributed by atoms with van der Waals surface area (Å²) < 4.78 is 31.8. The molecule has 0 spiro atoms. The highest BCUT2D eigenvalue weighted by Crippen LogP contribution is 2.37. The Balaban J connectivity index is 1.97. The van der Waals surface area contributed by atoms with Gasteiger partial charge in [0.05, 0.1) is 6.61 Å². The van der Waals surface area contributed by atoms with E-state index in [1.165, 1.54) is 12.1 Å². The minimum absolute atomic E-state index is 0.0385. The van der Waals surface area contributed by atoms with Crippen molar-refractivity contribution in [2.45, 2.75) is 31.2 Å². The molecule has 1 saturated carbocycles. The highest BCUT2D eigenvalue weighted by atomic mass is 19.2. The molecule has 21 heavy (non-hydrogen) atoms. The van der Waals surface area contributed by atoms with Crippen molar-refractivity contribution in [1.82, 2.24) is 5.32 Å². The highest BCUT2D eigenvalue weighted by molar-refractivity contribution is 5.85. The average Bonchev–Trinajstić information content (AvgIpc) is 2.88. The summed E-state index contributed by atoms with van der Waals surface area (Å²) in [4.78, 5) is 11.7. The molecule has 0 aromatic heterocycles. The maximum absolute atomic E-state index is 13.5. The van der Waals surface area contributed by atoms with Crippen molar-refractivity contribution in [2.75, 3.05) is 13.7 Å². The standard InChI is InChI=1S/C15H20F2N2O2/c1-19-15(14(18)20)8-3-4-10(15)7-9-21-12-6-2-5-11(16)13(12)17/h2,5-6,10,19H,3-4,7-9H2,1H3,(H2,18,20). The van der Waals surface area contributed by atoms with Gasteiger partial charge in [0.25, 0.3) is 0 Å². The summed E-state index contributed by atoms with van der Waals surface area (Å²) in [6.45, 7) is 0.210. The van der Waals surface area contributed by atoms with E-state index in [0.29, 0.717) is 12.8 Å². The molecule has 1 aliphatic rings. The molecule has 1 aromatic rings. The second kappa shape index (κ2) is 6.39. The number of nitrogens with two attached hydrogens (primary N) is 1. The van der Waals surface area contributed by atoms with Crippen LogP contribution < -0.4 is 15.8 Å². The summed E-state index contributed by atoms with van der Waals surface area (Å²) in [5, 5.41) is 3.03. The van der Waals surface area contributed by atoms with Crippen LogP contribution in [0.3, 0.4) is 0 Å². The lowest BCUT2D eigenvalue weighted by molar-refractivity contribution is -0.125. The number of amides is 1. The zero-order valence-corrected chi connectivity index (χ0v) is 12.0. The molecule has 0 bridgehead atoms. The Morgan fingerprint density at radius 3 is 2.95 bits per heavy atom. The van der Waals surface area contributed by atoms with Crippen molar-refractivity contribution in [1.29, 1.82) is 0 Å². The number of hydrogen-bond donors (Lipinski definition) is 2. The van der Waals surface area contributed by atoms with Crippen LogP contribution in [0.2, 0.25) is 0 Å². The van der Waals surface area contributed by atoms with Gasteiger partial charge in [-0.15, -0.1) is 0 Å². The van der Waals surface area contributed by atoms with E-state index in [9.17, 15) is 13.6 Å². The van der Waals surface area contributed by atoms with Gasteiger partial charge < -0.3 is 15.8 Å². The predicted octanol–water partition coefficient (Wildman–Crippen LogP) is 1.98. The van der Waals surface area contributed by atoms with Crippen LogP contribution in [0.4, 0.5) is 8.78 Å². The molecule has 0 saturated heterocycles. The number of ether oxygens (including phenoxy) is 1. The molecule has 0 heterocycles. The zero-order valence-electron chi connectivity index (χ0n) is 12.0. The van der Waals surface area contributed by atoms with Crippen LogP contribution >= 0.6 is 0 Å². The Kier molecular flexibility index (Phi) is 4.77. The van der Waals surface area contributed by atoms with Crippen molar-refractivity contribution < 1.29 is 18.3 Å². The third-order valence-corrected chi connectivity index (χ3v) is 4.35. The number of primary amides is 1. The van der Waals surface area contributed by atoms with Gasteiger partial charge in [-0.05, 0) is 44.4 Å². The molecule has 2 unspecified atom stereocenters. The smallest absolute Gasteiger partial charge is 0.238 e. The first-order valence-corrected chi connectivity index (χ1v) is 7.07. The first-order chi connectivity index (χ1) is 10.0. The van der Waals surface area contributed by atoms with Gasteiger partial charge in [0.1, 0.15) is 5.54 Å². The van der Waals surface area contributed by atoms with E-state index in [4.69, 9.17) is 10.5 Å². The van der Waals surface area contributed by atoms with Crippen molar-refractivity contribution in [2.24, 2.45) is 11.7 Å².